The van der Waals surface area contributed by atoms with Crippen LogP contribution in [0.3, 0.4) is 0 Å². The number of rotatable bonds is 0. The number of allylic oxidation sites excluding steroid dienone is 1. The van der Waals surface area contributed by atoms with Crippen LogP contribution in [0.4, 0.5) is 0 Å². The van der Waals surface area contributed by atoms with Crippen molar-refractivity contribution in [3.8, 4) is 0 Å². The molecule has 1 heteroatoms. The Labute approximate surface area is 95.8 Å². The maximum atomic E-state index is 5.95. The fraction of sp³-hybridized carbons (Fsp3) is 0.333. The highest BCUT2D eigenvalue weighted by Crippen LogP contribution is 2.36. The van der Waals surface area contributed by atoms with Crippen LogP contribution in [-0.2, 0) is 6.42 Å². The highest BCUT2D eigenvalue weighted by molar-refractivity contribution is 5.88. The second-order valence-corrected chi connectivity index (χ2v) is 5.38. The lowest BCUT2D eigenvalue weighted by Crippen LogP contribution is -2.12. The monoisotopic (exact) mass is 212 g/mol. The van der Waals surface area contributed by atoms with Crippen LogP contribution in [-0.4, -0.2) is 0 Å². The quantitative estimate of drug-likeness (QED) is 0.630. The summed E-state index contributed by atoms with van der Waals surface area (Å²) in [5.41, 5.74) is 2.59. The van der Waals surface area contributed by atoms with Gasteiger partial charge in [0.15, 0.2) is 0 Å². The number of para-hydroxylation sites is 1. The molecule has 1 aromatic heterocycles. The first-order valence-corrected chi connectivity index (χ1v) is 5.83. The first-order valence-electron chi connectivity index (χ1n) is 5.83. The van der Waals surface area contributed by atoms with Crippen LogP contribution in [0.2, 0.25) is 0 Å². The Morgan fingerprint density at radius 3 is 2.88 bits per heavy atom. The average Bonchev–Trinajstić information content (AvgIpc) is 2.48. The van der Waals surface area contributed by atoms with Crippen LogP contribution >= 0.6 is 0 Å². The van der Waals surface area contributed by atoms with Crippen LogP contribution in [0.15, 0.2) is 34.8 Å². The van der Waals surface area contributed by atoms with Crippen LogP contribution < -0.4 is 0 Å². The SMILES string of the molecule is CC1(C)CC=Cc2c(oc3ccccc23)C1. The summed E-state index contributed by atoms with van der Waals surface area (Å²) in [4.78, 5) is 0. The van der Waals surface area contributed by atoms with Gasteiger partial charge in [-0.25, -0.2) is 0 Å². The van der Waals surface area contributed by atoms with E-state index in [1.807, 2.05) is 12.1 Å². The lowest BCUT2D eigenvalue weighted by Gasteiger charge is -2.19. The van der Waals surface area contributed by atoms with E-state index in [-0.39, 0.29) is 0 Å². The molecule has 1 heterocycles. The van der Waals surface area contributed by atoms with Gasteiger partial charge in [0.2, 0.25) is 0 Å². The normalized spacial score (nSPS) is 18.4. The zero-order valence-corrected chi connectivity index (χ0v) is 9.79. The van der Waals surface area contributed by atoms with Crippen molar-refractivity contribution in [2.75, 3.05) is 0 Å². The van der Waals surface area contributed by atoms with E-state index in [2.05, 4.69) is 38.1 Å². The van der Waals surface area contributed by atoms with E-state index < -0.39 is 0 Å². The zero-order chi connectivity index (χ0) is 11.2. The number of benzene rings is 1. The van der Waals surface area contributed by atoms with Crippen molar-refractivity contribution < 1.29 is 4.42 Å². The lowest BCUT2D eigenvalue weighted by molar-refractivity contribution is 0.340. The van der Waals surface area contributed by atoms with E-state index in [4.69, 9.17) is 4.42 Å². The molecule has 0 atom stereocenters. The predicted molar refractivity (Wildman–Crippen MR) is 67.4 cm³/mol. The van der Waals surface area contributed by atoms with Crippen LogP contribution in [0.25, 0.3) is 17.0 Å². The summed E-state index contributed by atoms with van der Waals surface area (Å²) in [7, 11) is 0. The van der Waals surface area contributed by atoms with E-state index in [1.165, 1.54) is 10.9 Å². The maximum absolute atomic E-state index is 5.95. The second kappa shape index (κ2) is 3.24. The Morgan fingerprint density at radius 1 is 1.19 bits per heavy atom. The van der Waals surface area contributed by atoms with Crippen molar-refractivity contribution >= 4 is 17.0 Å². The van der Waals surface area contributed by atoms with Crippen molar-refractivity contribution in [2.45, 2.75) is 26.7 Å². The van der Waals surface area contributed by atoms with Gasteiger partial charge in [-0.2, -0.15) is 0 Å². The van der Waals surface area contributed by atoms with Gasteiger partial charge in [-0.1, -0.05) is 44.2 Å². The molecule has 0 aliphatic heterocycles. The van der Waals surface area contributed by atoms with Crippen molar-refractivity contribution in [1.82, 2.24) is 0 Å². The third-order valence-electron chi connectivity index (χ3n) is 3.30. The minimum Gasteiger partial charge on any atom is -0.460 e. The van der Waals surface area contributed by atoms with Gasteiger partial charge < -0.3 is 4.42 Å². The minimum atomic E-state index is 0.301. The fourth-order valence-electron chi connectivity index (χ4n) is 2.43. The summed E-state index contributed by atoms with van der Waals surface area (Å²) >= 11 is 0. The third kappa shape index (κ3) is 1.47. The van der Waals surface area contributed by atoms with Crippen molar-refractivity contribution in [1.29, 1.82) is 0 Å². The summed E-state index contributed by atoms with van der Waals surface area (Å²) in [5.74, 6) is 1.14. The third-order valence-corrected chi connectivity index (χ3v) is 3.30. The van der Waals surface area contributed by atoms with E-state index >= 15 is 0 Å². The van der Waals surface area contributed by atoms with Crippen molar-refractivity contribution in [3.05, 3.63) is 41.7 Å². The zero-order valence-electron chi connectivity index (χ0n) is 9.79. The van der Waals surface area contributed by atoms with Crippen LogP contribution in [0.1, 0.15) is 31.6 Å². The van der Waals surface area contributed by atoms with Gasteiger partial charge in [0.1, 0.15) is 11.3 Å². The first-order chi connectivity index (χ1) is 7.66. The molecule has 0 saturated heterocycles. The molecule has 1 aliphatic carbocycles. The molecule has 0 spiro atoms. The number of hydrogen-bond acceptors (Lipinski definition) is 1. The average molecular weight is 212 g/mol. The molecule has 0 saturated carbocycles. The highest BCUT2D eigenvalue weighted by atomic mass is 16.3. The molecule has 3 rings (SSSR count). The lowest BCUT2D eigenvalue weighted by atomic mass is 9.85. The second-order valence-electron chi connectivity index (χ2n) is 5.38. The van der Waals surface area contributed by atoms with Gasteiger partial charge in [0.05, 0.1) is 0 Å². The fourth-order valence-corrected chi connectivity index (χ4v) is 2.43. The molecule has 0 radical (unpaired) electrons. The molecule has 0 N–H and O–H groups in total. The summed E-state index contributed by atoms with van der Waals surface area (Å²) in [6.45, 7) is 4.58. The predicted octanol–water partition coefficient (Wildman–Crippen LogP) is 4.42. The number of fused-ring (bicyclic) bond motifs is 3. The number of hydrogen-bond donors (Lipinski definition) is 0. The molecule has 0 unspecified atom stereocenters. The van der Waals surface area contributed by atoms with Crippen LogP contribution in [0, 0.1) is 5.41 Å². The maximum Gasteiger partial charge on any atom is 0.134 e. The van der Waals surface area contributed by atoms with E-state index in [1.54, 1.807) is 0 Å². The van der Waals surface area contributed by atoms with Gasteiger partial charge in [-0.3, -0.25) is 0 Å². The standard InChI is InChI=1S/C15H16O/c1-15(2)9-5-7-12-11-6-3-4-8-13(11)16-14(12)10-15/h3-8H,9-10H2,1-2H3. The molecule has 1 aromatic carbocycles. The summed E-state index contributed by atoms with van der Waals surface area (Å²) < 4.78 is 5.95. The molecule has 0 fully saturated rings. The minimum absolute atomic E-state index is 0.301. The Morgan fingerprint density at radius 2 is 2.00 bits per heavy atom. The summed E-state index contributed by atoms with van der Waals surface area (Å²) in [5, 5.41) is 1.24. The molecule has 1 aliphatic rings. The van der Waals surface area contributed by atoms with E-state index in [0.717, 1.165) is 24.2 Å². The molecule has 0 amide bonds. The topological polar surface area (TPSA) is 13.1 Å². The van der Waals surface area contributed by atoms with Crippen molar-refractivity contribution in [2.24, 2.45) is 5.41 Å². The number of furan rings is 1. The highest BCUT2D eigenvalue weighted by Gasteiger charge is 2.24. The van der Waals surface area contributed by atoms with Crippen molar-refractivity contribution in [3.63, 3.8) is 0 Å². The molecule has 82 valence electrons. The molecule has 0 bridgehead atoms. The van der Waals surface area contributed by atoms with Crippen LogP contribution in [0.5, 0.6) is 0 Å². The van der Waals surface area contributed by atoms with Gasteiger partial charge >= 0.3 is 0 Å². The smallest absolute Gasteiger partial charge is 0.134 e. The summed E-state index contributed by atoms with van der Waals surface area (Å²) in [6, 6.07) is 8.28. The molecule has 1 nitrogen and oxygen atoms in total. The molecular weight excluding hydrogens is 196 g/mol. The summed E-state index contributed by atoms with van der Waals surface area (Å²) in [6.07, 6.45) is 6.62. The molecular formula is C15H16O. The Kier molecular flexibility index (Phi) is 1.97. The van der Waals surface area contributed by atoms with Gasteiger partial charge in [0.25, 0.3) is 0 Å². The molecule has 16 heavy (non-hydrogen) atoms. The Balaban J connectivity index is 2.25. The van der Waals surface area contributed by atoms with Gasteiger partial charge in [-0.15, -0.1) is 0 Å². The molecule has 2 aromatic rings. The Bertz CT molecular complexity index is 558. The van der Waals surface area contributed by atoms with Gasteiger partial charge in [0, 0.05) is 17.4 Å². The van der Waals surface area contributed by atoms with E-state index in [0.29, 0.717) is 5.41 Å². The first kappa shape index (κ1) is 9.71. The Hall–Kier alpha value is -1.50. The van der Waals surface area contributed by atoms with E-state index in [9.17, 15) is 0 Å². The van der Waals surface area contributed by atoms with Gasteiger partial charge in [-0.05, 0) is 17.9 Å². The largest absolute Gasteiger partial charge is 0.460 e.